The summed E-state index contributed by atoms with van der Waals surface area (Å²) in [6.07, 6.45) is 1.67. The number of nitrogens with one attached hydrogen (secondary N) is 2. The number of halogens is 3. The summed E-state index contributed by atoms with van der Waals surface area (Å²) >= 11 is 0.699. The molecule has 3 aromatic heterocycles. The Bertz CT molecular complexity index is 1360. The molecule has 3 atom stereocenters. The minimum absolute atomic E-state index is 0.00107. The molecule has 4 heterocycles. The Balaban J connectivity index is 1.68. The minimum Gasteiger partial charge on any atom is -0.364 e. The van der Waals surface area contributed by atoms with Gasteiger partial charge in [0.1, 0.15) is 11.6 Å². The number of rotatable bonds is 7. The SMILES string of the molecule is C[C@@H]1[C@@H](C)N[C@@H](CF)CN1c1cc(S(=O)(=O)NC2(C)CC2)cn2c(-c3nnc(C(F)F)s3)ncc12. The zero-order chi connectivity index (χ0) is 25.1. The molecular formula is C21H26F3N7O2S2. The van der Waals surface area contributed by atoms with Crippen LogP contribution in [0.3, 0.4) is 0 Å². The lowest BCUT2D eigenvalue weighted by molar-refractivity contribution is 0.150. The smallest absolute Gasteiger partial charge is 0.291 e. The molecular weight excluding hydrogens is 503 g/mol. The second-order valence-corrected chi connectivity index (χ2v) is 12.2. The first-order valence-electron chi connectivity index (χ1n) is 11.3. The molecule has 1 aliphatic carbocycles. The Morgan fingerprint density at radius 3 is 2.69 bits per heavy atom. The fourth-order valence-electron chi connectivity index (χ4n) is 4.32. The zero-order valence-corrected chi connectivity index (χ0v) is 21.0. The van der Waals surface area contributed by atoms with Crippen LogP contribution in [-0.4, -0.2) is 64.9 Å². The van der Waals surface area contributed by atoms with Crippen LogP contribution >= 0.6 is 11.3 Å². The topological polar surface area (TPSA) is 105 Å². The Labute approximate surface area is 204 Å². The third-order valence-corrected chi connectivity index (χ3v) is 9.26. The van der Waals surface area contributed by atoms with Gasteiger partial charge >= 0.3 is 0 Å². The van der Waals surface area contributed by atoms with E-state index in [4.69, 9.17) is 0 Å². The maximum Gasteiger partial charge on any atom is 0.291 e. The fraction of sp³-hybridized carbons (Fsp3) is 0.571. The molecule has 0 spiro atoms. The predicted molar refractivity (Wildman–Crippen MR) is 126 cm³/mol. The van der Waals surface area contributed by atoms with Crippen molar-refractivity contribution in [1.29, 1.82) is 0 Å². The van der Waals surface area contributed by atoms with E-state index in [9.17, 15) is 21.6 Å². The number of pyridine rings is 1. The number of aromatic nitrogens is 4. The van der Waals surface area contributed by atoms with Gasteiger partial charge < -0.3 is 10.2 Å². The van der Waals surface area contributed by atoms with E-state index in [1.807, 2.05) is 25.7 Å². The van der Waals surface area contributed by atoms with Crippen LogP contribution in [0, 0.1) is 0 Å². The number of hydrogen-bond donors (Lipinski definition) is 2. The van der Waals surface area contributed by atoms with Crippen LogP contribution in [0.25, 0.3) is 16.3 Å². The second kappa shape index (κ2) is 8.68. The van der Waals surface area contributed by atoms with Gasteiger partial charge in [0.2, 0.25) is 10.0 Å². The van der Waals surface area contributed by atoms with Gasteiger partial charge in [0.15, 0.2) is 15.8 Å². The molecule has 0 aromatic carbocycles. The van der Waals surface area contributed by atoms with Crippen molar-refractivity contribution < 1.29 is 21.6 Å². The van der Waals surface area contributed by atoms with Crippen LogP contribution in [0.2, 0.25) is 0 Å². The monoisotopic (exact) mass is 529 g/mol. The van der Waals surface area contributed by atoms with Crippen LogP contribution in [0.5, 0.6) is 0 Å². The fourth-order valence-corrected chi connectivity index (χ4v) is 6.50. The van der Waals surface area contributed by atoms with E-state index in [-0.39, 0.29) is 27.8 Å². The predicted octanol–water partition coefficient (Wildman–Crippen LogP) is 3.15. The van der Waals surface area contributed by atoms with Gasteiger partial charge in [0.05, 0.1) is 23.4 Å². The Morgan fingerprint density at radius 2 is 2.06 bits per heavy atom. The summed E-state index contributed by atoms with van der Waals surface area (Å²) in [7, 11) is -3.91. The van der Waals surface area contributed by atoms with E-state index in [1.165, 1.54) is 6.20 Å². The second-order valence-electron chi connectivity index (χ2n) is 9.51. The summed E-state index contributed by atoms with van der Waals surface area (Å²) < 4.78 is 70.9. The average Bonchev–Trinajstić information content (AvgIpc) is 3.19. The molecule has 0 amide bonds. The molecule has 1 saturated heterocycles. The molecule has 1 aliphatic heterocycles. The number of imidazole rings is 1. The molecule has 3 aromatic rings. The highest BCUT2D eigenvalue weighted by Crippen LogP contribution is 2.38. The summed E-state index contributed by atoms with van der Waals surface area (Å²) in [5, 5.41) is 10.3. The lowest BCUT2D eigenvalue weighted by Crippen LogP contribution is -2.61. The Morgan fingerprint density at radius 1 is 1.31 bits per heavy atom. The maximum absolute atomic E-state index is 13.6. The highest BCUT2D eigenvalue weighted by Gasteiger charge is 2.42. The summed E-state index contributed by atoms with van der Waals surface area (Å²) in [6.45, 7) is 5.51. The van der Waals surface area contributed by atoms with Crippen LogP contribution in [0.4, 0.5) is 18.9 Å². The van der Waals surface area contributed by atoms with Gasteiger partial charge in [-0.3, -0.25) is 4.40 Å². The van der Waals surface area contributed by atoms with Crippen LogP contribution in [-0.2, 0) is 10.0 Å². The summed E-state index contributed by atoms with van der Waals surface area (Å²) in [5.41, 5.74) is 0.627. The van der Waals surface area contributed by atoms with E-state index in [1.54, 1.807) is 16.7 Å². The molecule has 0 bridgehead atoms. The number of sulfonamides is 1. The molecule has 0 radical (unpaired) electrons. The van der Waals surface area contributed by atoms with E-state index < -0.39 is 39.7 Å². The van der Waals surface area contributed by atoms with Gasteiger partial charge in [-0.2, -0.15) is 0 Å². The molecule has 14 heteroatoms. The van der Waals surface area contributed by atoms with E-state index in [0.29, 0.717) is 29.1 Å². The summed E-state index contributed by atoms with van der Waals surface area (Å²) in [6, 6.07) is 0.999. The normalized spacial score (nSPS) is 24.4. The van der Waals surface area contributed by atoms with Gasteiger partial charge in [-0.15, -0.1) is 10.2 Å². The van der Waals surface area contributed by atoms with Crippen LogP contribution < -0.4 is 14.9 Å². The third-order valence-electron chi connectivity index (χ3n) is 6.73. The Hall–Kier alpha value is -2.29. The number of anilines is 1. The first-order chi connectivity index (χ1) is 16.5. The summed E-state index contributed by atoms with van der Waals surface area (Å²) in [5.74, 6) is 0.207. The minimum atomic E-state index is -3.91. The van der Waals surface area contributed by atoms with Gasteiger partial charge in [-0.05, 0) is 39.7 Å². The van der Waals surface area contributed by atoms with Gasteiger partial charge in [0.25, 0.3) is 6.43 Å². The number of piperazine rings is 1. The molecule has 9 nitrogen and oxygen atoms in total. The van der Waals surface area contributed by atoms with Crippen molar-refractivity contribution in [3.05, 3.63) is 23.5 Å². The number of alkyl halides is 3. The molecule has 2 N–H and O–H groups in total. The van der Waals surface area contributed by atoms with Gasteiger partial charge in [-0.25, -0.2) is 31.3 Å². The first kappa shape index (κ1) is 24.4. The number of nitrogens with zero attached hydrogens (tertiary/aromatic N) is 5. The highest BCUT2D eigenvalue weighted by atomic mass is 32.2. The molecule has 1 saturated carbocycles. The number of hydrogen-bond acceptors (Lipinski definition) is 8. The zero-order valence-electron chi connectivity index (χ0n) is 19.4. The van der Waals surface area contributed by atoms with Crippen molar-refractivity contribution in [3.8, 4) is 10.8 Å². The molecule has 2 aliphatic rings. The molecule has 190 valence electrons. The highest BCUT2D eigenvalue weighted by molar-refractivity contribution is 7.89. The average molecular weight is 530 g/mol. The van der Waals surface area contributed by atoms with Crippen molar-refractivity contribution in [1.82, 2.24) is 29.6 Å². The van der Waals surface area contributed by atoms with E-state index in [0.717, 1.165) is 12.8 Å². The number of fused-ring (bicyclic) bond motifs is 1. The third kappa shape index (κ3) is 4.52. The standard InChI is InChI=1S/C21H26F3N7O2S2/c1-11-12(2)30(9-13(7-22)26-11)15-6-14(35(32,33)29-21(3)4-5-21)10-31-16(15)8-25-18(31)20-28-27-19(34-20)17(23)24/h6,8,10-13,17,26,29H,4-5,7,9H2,1-3H3/t11-,12-,13+/m1/s1. The molecule has 0 unspecified atom stereocenters. The molecule has 5 rings (SSSR count). The van der Waals surface area contributed by atoms with Gasteiger partial charge in [-0.1, -0.05) is 11.3 Å². The van der Waals surface area contributed by atoms with Gasteiger partial charge in [0, 0.05) is 30.4 Å². The largest absolute Gasteiger partial charge is 0.364 e. The van der Waals surface area contributed by atoms with E-state index in [2.05, 4.69) is 25.2 Å². The lowest BCUT2D eigenvalue weighted by Gasteiger charge is -2.44. The Kier molecular flexibility index (Phi) is 6.05. The molecule has 2 fully saturated rings. The summed E-state index contributed by atoms with van der Waals surface area (Å²) in [4.78, 5) is 6.35. The maximum atomic E-state index is 13.6. The van der Waals surface area contributed by atoms with E-state index >= 15 is 0 Å². The quantitative estimate of drug-likeness (QED) is 0.485. The first-order valence-corrected chi connectivity index (χ1v) is 13.6. The van der Waals surface area contributed by atoms with Crippen molar-refractivity contribution in [2.24, 2.45) is 0 Å². The van der Waals surface area contributed by atoms with Crippen molar-refractivity contribution in [3.63, 3.8) is 0 Å². The molecule has 35 heavy (non-hydrogen) atoms. The van der Waals surface area contributed by atoms with Crippen LogP contribution in [0.15, 0.2) is 23.4 Å². The van der Waals surface area contributed by atoms with Crippen molar-refractivity contribution in [2.45, 2.75) is 68.6 Å². The van der Waals surface area contributed by atoms with Crippen LogP contribution in [0.1, 0.15) is 45.0 Å². The lowest BCUT2D eigenvalue weighted by atomic mass is 10.0. The van der Waals surface area contributed by atoms with Crippen molar-refractivity contribution in [2.75, 3.05) is 18.1 Å². The van der Waals surface area contributed by atoms with Crippen molar-refractivity contribution >= 4 is 32.6 Å².